The summed E-state index contributed by atoms with van der Waals surface area (Å²) in [6.07, 6.45) is 7.19. The summed E-state index contributed by atoms with van der Waals surface area (Å²) in [7, 11) is 0. The summed E-state index contributed by atoms with van der Waals surface area (Å²) < 4.78 is 4.68. The second-order valence-corrected chi connectivity index (χ2v) is 7.66. The third-order valence-corrected chi connectivity index (χ3v) is 6.24. The van der Waals surface area contributed by atoms with Crippen LogP contribution in [0.2, 0.25) is 0 Å². The smallest absolute Gasteiger partial charge is 0.213 e. The Morgan fingerprint density at radius 3 is 2.39 bits per heavy atom. The maximum atomic E-state index is 10.3. The predicted octanol–water partition coefficient (Wildman–Crippen LogP) is 4.69. The van der Waals surface area contributed by atoms with Gasteiger partial charge in [0.25, 0.3) is 0 Å². The number of aromatic nitrogens is 2. The zero-order chi connectivity index (χ0) is 19.3. The van der Waals surface area contributed by atoms with E-state index in [2.05, 4.69) is 88.8 Å². The lowest BCUT2D eigenvalue weighted by Gasteiger charge is -2.30. The summed E-state index contributed by atoms with van der Waals surface area (Å²) in [6, 6.07) is 21.7. The normalized spacial score (nSPS) is 24.1. The summed E-state index contributed by atoms with van der Waals surface area (Å²) in [5, 5.41) is 10.3. The third kappa shape index (κ3) is 2.36. The zero-order valence-corrected chi connectivity index (χ0v) is 16.0. The second kappa shape index (κ2) is 6.45. The highest BCUT2D eigenvalue weighted by Gasteiger charge is 2.50. The van der Waals surface area contributed by atoms with Crippen LogP contribution in [0.3, 0.4) is 0 Å². The number of fused-ring (bicyclic) bond motifs is 4. The Morgan fingerprint density at radius 1 is 0.964 bits per heavy atom. The van der Waals surface area contributed by atoms with E-state index >= 15 is 0 Å². The van der Waals surface area contributed by atoms with E-state index in [4.69, 9.17) is 0 Å². The van der Waals surface area contributed by atoms with Crippen LogP contribution in [-0.2, 0) is 0 Å². The highest BCUT2D eigenvalue weighted by Crippen LogP contribution is 2.47. The highest BCUT2D eigenvalue weighted by atomic mass is 16.3. The second-order valence-electron chi connectivity index (χ2n) is 7.66. The number of benzene rings is 1. The van der Waals surface area contributed by atoms with Crippen LogP contribution < -0.4 is 9.13 Å². The Balaban J connectivity index is 1.75. The largest absolute Gasteiger partial charge is 0.512 e. The van der Waals surface area contributed by atoms with Gasteiger partial charge in [-0.2, -0.15) is 9.13 Å². The molecule has 2 aliphatic heterocycles. The fraction of sp³-hybridized carbons (Fsp3) is 0.200. The molecule has 0 fully saturated rings. The van der Waals surface area contributed by atoms with E-state index in [1.165, 1.54) is 16.8 Å². The van der Waals surface area contributed by atoms with E-state index in [1.54, 1.807) is 6.92 Å². The van der Waals surface area contributed by atoms with E-state index in [-0.39, 0.29) is 18.0 Å². The van der Waals surface area contributed by atoms with Crippen LogP contribution in [0.15, 0.2) is 91.5 Å². The maximum absolute atomic E-state index is 10.3. The average Bonchev–Trinajstić information content (AvgIpc) is 3.12. The number of allylic oxidation sites excluding steroid dienone is 3. The molecule has 0 spiro atoms. The van der Waals surface area contributed by atoms with Gasteiger partial charge in [0.2, 0.25) is 11.4 Å². The number of aliphatic hydroxyl groups is 1. The van der Waals surface area contributed by atoms with E-state index in [9.17, 15) is 5.11 Å². The minimum Gasteiger partial charge on any atom is -0.512 e. The molecule has 3 heteroatoms. The topological polar surface area (TPSA) is 28.0 Å². The molecule has 3 atom stereocenters. The van der Waals surface area contributed by atoms with Crippen LogP contribution in [0.25, 0.3) is 16.8 Å². The fourth-order valence-electron chi connectivity index (χ4n) is 5.06. The SMILES string of the molecule is C=CC1C(C2C/C(=C(\C)O)c3cccc[n+]32)c2ccccc2-c2cccc[n+]21. The molecule has 5 rings (SSSR count). The van der Waals surface area contributed by atoms with Crippen LogP contribution >= 0.6 is 0 Å². The molecule has 0 amide bonds. The van der Waals surface area contributed by atoms with E-state index in [1.807, 2.05) is 6.07 Å². The molecule has 3 unspecified atom stereocenters. The fourth-order valence-corrected chi connectivity index (χ4v) is 5.06. The van der Waals surface area contributed by atoms with Crippen molar-refractivity contribution in [3.8, 4) is 11.3 Å². The summed E-state index contributed by atoms with van der Waals surface area (Å²) in [5.74, 6) is 0.645. The van der Waals surface area contributed by atoms with E-state index in [0.29, 0.717) is 5.76 Å². The molecule has 4 heterocycles. The van der Waals surface area contributed by atoms with Crippen molar-refractivity contribution in [2.24, 2.45) is 0 Å². The molecule has 0 aliphatic carbocycles. The van der Waals surface area contributed by atoms with Crippen molar-refractivity contribution in [1.29, 1.82) is 0 Å². The van der Waals surface area contributed by atoms with Crippen molar-refractivity contribution in [1.82, 2.24) is 0 Å². The van der Waals surface area contributed by atoms with Gasteiger partial charge in [-0.1, -0.05) is 24.8 Å². The minimum atomic E-state index is 0.148. The number of rotatable bonds is 2. The van der Waals surface area contributed by atoms with Gasteiger partial charge in [0, 0.05) is 30.7 Å². The van der Waals surface area contributed by atoms with E-state index in [0.717, 1.165) is 17.7 Å². The van der Waals surface area contributed by atoms with Gasteiger partial charge >= 0.3 is 0 Å². The standard InChI is InChI=1S/C25H23N2O/c1-3-21-25(24-16-20(17(2)28)23-13-7-9-15-27(23)24)19-11-5-4-10-18(19)22-12-6-8-14-26(21)22/h3-15,21,24-25H,1,16H2,2H3/q+1/p+1. The Morgan fingerprint density at radius 2 is 1.64 bits per heavy atom. The van der Waals surface area contributed by atoms with Gasteiger partial charge in [0.15, 0.2) is 24.5 Å². The van der Waals surface area contributed by atoms with Gasteiger partial charge < -0.3 is 5.11 Å². The number of hydrogen-bond donors (Lipinski definition) is 1. The third-order valence-electron chi connectivity index (χ3n) is 6.24. The van der Waals surface area contributed by atoms with E-state index < -0.39 is 0 Å². The first-order valence-electron chi connectivity index (χ1n) is 9.82. The van der Waals surface area contributed by atoms with Crippen LogP contribution in [-0.4, -0.2) is 5.11 Å². The molecule has 28 heavy (non-hydrogen) atoms. The molecule has 0 saturated carbocycles. The molecule has 2 aliphatic rings. The molecule has 1 N–H and O–H groups in total. The van der Waals surface area contributed by atoms with Crippen LogP contribution in [0.5, 0.6) is 0 Å². The molecular weight excluding hydrogens is 344 g/mol. The molecule has 2 aromatic heterocycles. The lowest BCUT2D eigenvalue weighted by molar-refractivity contribution is -0.748. The van der Waals surface area contributed by atoms with Crippen molar-refractivity contribution >= 4 is 5.57 Å². The molecule has 138 valence electrons. The number of nitrogens with zero attached hydrogens (tertiary/aromatic N) is 2. The summed E-state index contributed by atoms with van der Waals surface area (Å²) in [6.45, 7) is 5.99. The Labute approximate surface area is 165 Å². The zero-order valence-electron chi connectivity index (χ0n) is 16.0. The number of hydrogen-bond acceptors (Lipinski definition) is 1. The molecule has 0 saturated heterocycles. The quantitative estimate of drug-likeness (QED) is 0.397. The van der Waals surface area contributed by atoms with Crippen molar-refractivity contribution in [3.05, 3.63) is 103 Å². The van der Waals surface area contributed by atoms with Crippen molar-refractivity contribution < 1.29 is 14.2 Å². The summed E-state index contributed by atoms with van der Waals surface area (Å²) >= 11 is 0. The van der Waals surface area contributed by atoms with Gasteiger partial charge in [-0.3, -0.25) is 0 Å². The predicted molar refractivity (Wildman–Crippen MR) is 110 cm³/mol. The molecule has 0 bridgehead atoms. The van der Waals surface area contributed by atoms with Gasteiger partial charge in [-0.25, -0.2) is 0 Å². The van der Waals surface area contributed by atoms with Crippen LogP contribution in [0.1, 0.15) is 42.6 Å². The summed E-state index contributed by atoms with van der Waals surface area (Å²) in [4.78, 5) is 0. The van der Waals surface area contributed by atoms with Gasteiger partial charge in [0.1, 0.15) is 5.92 Å². The minimum absolute atomic E-state index is 0.148. The molecule has 0 radical (unpaired) electrons. The van der Waals surface area contributed by atoms with Crippen molar-refractivity contribution in [2.45, 2.75) is 31.3 Å². The van der Waals surface area contributed by atoms with Crippen LogP contribution in [0, 0.1) is 0 Å². The number of pyridine rings is 2. The lowest BCUT2D eigenvalue weighted by Crippen LogP contribution is -2.52. The van der Waals surface area contributed by atoms with Gasteiger partial charge in [0.05, 0.1) is 16.9 Å². The Kier molecular flexibility index (Phi) is 3.90. The average molecular weight is 368 g/mol. The summed E-state index contributed by atoms with van der Waals surface area (Å²) in [5.41, 5.74) is 6.00. The first-order chi connectivity index (χ1) is 13.7. The molecule has 3 aromatic rings. The number of aliphatic hydroxyl groups excluding tert-OH is 1. The lowest BCUT2D eigenvalue weighted by atomic mass is 9.77. The van der Waals surface area contributed by atoms with Crippen molar-refractivity contribution in [3.63, 3.8) is 0 Å². The molecular formula is C25H24N2O+2. The molecule has 1 aromatic carbocycles. The maximum Gasteiger partial charge on any atom is 0.213 e. The first kappa shape index (κ1) is 16.9. The van der Waals surface area contributed by atoms with Gasteiger partial charge in [-0.05, 0) is 36.8 Å². The Hall–Kier alpha value is -3.20. The van der Waals surface area contributed by atoms with Crippen molar-refractivity contribution in [2.75, 3.05) is 0 Å². The monoisotopic (exact) mass is 368 g/mol. The van der Waals surface area contributed by atoms with Gasteiger partial charge in [-0.15, -0.1) is 0 Å². The highest BCUT2D eigenvalue weighted by molar-refractivity contribution is 5.66. The first-order valence-corrected chi connectivity index (χ1v) is 9.82. The molecule has 3 nitrogen and oxygen atoms in total. The van der Waals surface area contributed by atoms with Crippen LogP contribution in [0.4, 0.5) is 0 Å². The Bertz CT molecular complexity index is 1110.